The van der Waals surface area contributed by atoms with Crippen LogP contribution >= 0.6 is 0 Å². The number of hydrogen-bond donors (Lipinski definition) is 0. The molecule has 0 aliphatic rings. The van der Waals surface area contributed by atoms with Gasteiger partial charge in [-0.3, -0.25) is 9.67 Å². The van der Waals surface area contributed by atoms with Gasteiger partial charge in [0.05, 0.1) is 11.7 Å². The van der Waals surface area contributed by atoms with Gasteiger partial charge in [-0.2, -0.15) is 5.10 Å². The van der Waals surface area contributed by atoms with Gasteiger partial charge in [0, 0.05) is 12.7 Å². The zero-order valence-corrected chi connectivity index (χ0v) is 7.99. The smallest absolute Gasteiger partial charge is 0.108 e. The Labute approximate surface area is 77.4 Å². The predicted octanol–water partition coefficient (Wildman–Crippen LogP) is 2.15. The van der Waals surface area contributed by atoms with Crippen LogP contribution in [0.15, 0.2) is 18.5 Å². The van der Waals surface area contributed by atoms with Crippen LogP contribution in [0.2, 0.25) is 0 Å². The van der Waals surface area contributed by atoms with Gasteiger partial charge in [0.25, 0.3) is 0 Å². The predicted molar refractivity (Wildman–Crippen MR) is 52.6 cm³/mol. The zero-order valence-electron chi connectivity index (χ0n) is 7.99. The van der Waals surface area contributed by atoms with E-state index in [-0.39, 0.29) is 0 Å². The van der Waals surface area contributed by atoms with Crippen LogP contribution < -0.4 is 0 Å². The molecule has 0 fully saturated rings. The number of rotatable bonds is 2. The molecule has 3 heteroatoms. The molecule has 0 bridgehead atoms. The summed E-state index contributed by atoms with van der Waals surface area (Å²) in [4.78, 5) is 4.30. The lowest BCUT2D eigenvalue weighted by molar-refractivity contribution is 0.622. The number of fused-ring (bicyclic) bond motifs is 1. The number of hydrogen-bond acceptors (Lipinski definition) is 2. The first kappa shape index (κ1) is 8.23. The van der Waals surface area contributed by atoms with Gasteiger partial charge in [-0.25, -0.2) is 0 Å². The van der Waals surface area contributed by atoms with Crippen molar-refractivity contribution in [3.05, 3.63) is 24.0 Å². The van der Waals surface area contributed by atoms with Crippen LogP contribution in [-0.4, -0.2) is 14.8 Å². The maximum absolute atomic E-state index is 4.30. The van der Waals surface area contributed by atoms with Crippen molar-refractivity contribution in [1.29, 1.82) is 0 Å². The fourth-order valence-corrected chi connectivity index (χ4v) is 1.45. The van der Waals surface area contributed by atoms with Crippen molar-refractivity contribution in [2.45, 2.75) is 26.8 Å². The average Bonchev–Trinajstić information content (AvgIpc) is 2.49. The summed E-state index contributed by atoms with van der Waals surface area (Å²) < 4.78 is 2.01. The third-order valence-corrected chi connectivity index (χ3v) is 2.07. The molecule has 2 aromatic rings. The highest BCUT2D eigenvalue weighted by molar-refractivity contribution is 5.74. The molecule has 68 valence electrons. The number of aromatic nitrogens is 3. The summed E-state index contributed by atoms with van der Waals surface area (Å²) in [6.45, 7) is 5.17. The van der Waals surface area contributed by atoms with Crippen LogP contribution in [0.4, 0.5) is 0 Å². The van der Waals surface area contributed by atoms with Gasteiger partial charge in [-0.15, -0.1) is 0 Å². The molecular weight excluding hydrogens is 162 g/mol. The second-order valence-corrected chi connectivity index (χ2v) is 3.28. The minimum atomic E-state index is 0.967. The molecule has 0 N–H and O–H groups in total. The van der Waals surface area contributed by atoms with E-state index in [0.29, 0.717) is 0 Å². The van der Waals surface area contributed by atoms with Crippen molar-refractivity contribution < 1.29 is 0 Å². The molecule has 0 spiro atoms. The van der Waals surface area contributed by atoms with E-state index >= 15 is 0 Å². The Morgan fingerprint density at radius 2 is 2.23 bits per heavy atom. The van der Waals surface area contributed by atoms with E-state index in [0.717, 1.165) is 24.0 Å². The molecule has 0 aromatic carbocycles. The van der Waals surface area contributed by atoms with Crippen molar-refractivity contribution >= 4 is 11.0 Å². The molecular formula is C10H13N3. The summed E-state index contributed by atoms with van der Waals surface area (Å²) in [6, 6.07) is 2.13. The molecule has 3 nitrogen and oxygen atoms in total. The minimum absolute atomic E-state index is 0.967. The first-order chi connectivity index (χ1) is 6.31. The summed E-state index contributed by atoms with van der Waals surface area (Å²) >= 11 is 0. The molecule has 0 atom stereocenters. The summed E-state index contributed by atoms with van der Waals surface area (Å²) in [5, 5.41) is 4.28. The molecule has 2 aromatic heterocycles. The highest BCUT2D eigenvalue weighted by atomic mass is 15.3. The van der Waals surface area contributed by atoms with E-state index < -0.39 is 0 Å². The zero-order chi connectivity index (χ0) is 9.26. The van der Waals surface area contributed by atoms with Gasteiger partial charge in [0.15, 0.2) is 0 Å². The van der Waals surface area contributed by atoms with E-state index in [2.05, 4.69) is 30.0 Å². The summed E-state index contributed by atoms with van der Waals surface area (Å²) in [7, 11) is 0. The van der Waals surface area contributed by atoms with Crippen molar-refractivity contribution in [2.24, 2.45) is 0 Å². The largest absolute Gasteiger partial charge is 0.263 e. The van der Waals surface area contributed by atoms with E-state index in [4.69, 9.17) is 0 Å². The third-order valence-electron chi connectivity index (χ3n) is 2.07. The van der Waals surface area contributed by atoms with Crippen LogP contribution in [-0.2, 0) is 6.54 Å². The Balaban J connectivity index is 2.58. The number of aryl methyl sites for hydroxylation is 2. The van der Waals surface area contributed by atoms with Crippen molar-refractivity contribution in [3.63, 3.8) is 0 Å². The van der Waals surface area contributed by atoms with Crippen LogP contribution in [0.25, 0.3) is 11.0 Å². The fourth-order valence-electron chi connectivity index (χ4n) is 1.45. The van der Waals surface area contributed by atoms with Gasteiger partial charge in [-0.05, 0) is 25.0 Å². The highest BCUT2D eigenvalue weighted by Gasteiger charge is 2.01. The van der Waals surface area contributed by atoms with Gasteiger partial charge < -0.3 is 0 Å². The molecule has 0 unspecified atom stereocenters. The maximum atomic E-state index is 4.30. The summed E-state index contributed by atoms with van der Waals surface area (Å²) in [5.74, 6) is 0. The van der Waals surface area contributed by atoms with E-state index in [1.807, 2.05) is 17.1 Å². The van der Waals surface area contributed by atoms with Crippen LogP contribution in [0.5, 0.6) is 0 Å². The lowest BCUT2D eigenvalue weighted by atomic mass is 10.3. The topological polar surface area (TPSA) is 30.7 Å². The molecule has 13 heavy (non-hydrogen) atoms. The fraction of sp³-hybridized carbons (Fsp3) is 0.400. The SMILES string of the molecule is CCCn1ncc2ncc(C)cc21. The van der Waals surface area contributed by atoms with Crippen LogP contribution in [0.3, 0.4) is 0 Å². The summed E-state index contributed by atoms with van der Waals surface area (Å²) in [5.41, 5.74) is 3.31. The van der Waals surface area contributed by atoms with Crippen molar-refractivity contribution in [2.75, 3.05) is 0 Å². The van der Waals surface area contributed by atoms with Crippen molar-refractivity contribution in [3.8, 4) is 0 Å². The first-order valence-electron chi connectivity index (χ1n) is 4.59. The highest BCUT2D eigenvalue weighted by Crippen LogP contribution is 2.12. The summed E-state index contributed by atoms with van der Waals surface area (Å²) in [6.07, 6.45) is 4.80. The van der Waals surface area contributed by atoms with Crippen molar-refractivity contribution in [1.82, 2.24) is 14.8 Å². The minimum Gasteiger partial charge on any atom is -0.263 e. The number of nitrogens with zero attached hydrogens (tertiary/aromatic N) is 3. The van der Waals surface area contributed by atoms with Crippen LogP contribution in [0.1, 0.15) is 18.9 Å². The first-order valence-corrected chi connectivity index (χ1v) is 4.59. The third kappa shape index (κ3) is 1.41. The maximum Gasteiger partial charge on any atom is 0.108 e. The Hall–Kier alpha value is -1.38. The number of pyridine rings is 1. The Morgan fingerprint density at radius 1 is 1.38 bits per heavy atom. The molecule has 0 saturated heterocycles. The van der Waals surface area contributed by atoms with E-state index in [1.165, 1.54) is 5.56 Å². The molecule has 2 rings (SSSR count). The Kier molecular flexibility index (Phi) is 2.00. The Morgan fingerprint density at radius 3 is 3.00 bits per heavy atom. The molecule has 0 amide bonds. The normalized spacial score (nSPS) is 10.9. The molecule has 0 saturated carbocycles. The molecule has 0 radical (unpaired) electrons. The van der Waals surface area contributed by atoms with Crippen LogP contribution in [0, 0.1) is 6.92 Å². The van der Waals surface area contributed by atoms with Gasteiger partial charge in [-0.1, -0.05) is 6.92 Å². The van der Waals surface area contributed by atoms with Gasteiger partial charge in [0.1, 0.15) is 5.52 Å². The lowest BCUT2D eigenvalue weighted by Crippen LogP contribution is -1.98. The second kappa shape index (κ2) is 3.17. The van der Waals surface area contributed by atoms with Gasteiger partial charge in [0.2, 0.25) is 0 Å². The monoisotopic (exact) mass is 175 g/mol. The Bertz CT molecular complexity index is 417. The van der Waals surface area contributed by atoms with E-state index in [1.54, 1.807) is 0 Å². The average molecular weight is 175 g/mol. The molecule has 0 aliphatic heterocycles. The second-order valence-electron chi connectivity index (χ2n) is 3.28. The molecule has 0 aliphatic carbocycles. The molecule has 2 heterocycles. The lowest BCUT2D eigenvalue weighted by Gasteiger charge is -2.00. The van der Waals surface area contributed by atoms with E-state index in [9.17, 15) is 0 Å². The standard InChI is InChI=1S/C10H13N3/c1-3-4-13-10-5-8(2)6-11-9(10)7-12-13/h5-7H,3-4H2,1-2H3. The van der Waals surface area contributed by atoms with Gasteiger partial charge >= 0.3 is 0 Å². The quantitative estimate of drug-likeness (QED) is 0.700.